The number of aliphatic carboxylic acids is 2. The lowest BCUT2D eigenvalue weighted by atomic mass is 10.1. The molecule has 0 aromatic heterocycles. The lowest BCUT2D eigenvalue weighted by Crippen LogP contribution is -2.38. The first-order chi connectivity index (χ1) is 7.99. The summed E-state index contributed by atoms with van der Waals surface area (Å²) in [7, 11) is 0. The Hall–Kier alpha value is -1.88. The van der Waals surface area contributed by atoms with Crippen molar-refractivity contribution < 1.29 is 19.8 Å². The third kappa shape index (κ3) is 4.65. The SMILES string of the molecule is Cc1ccc(CNC(CC(=O)O)C(=O)O)cc1. The van der Waals surface area contributed by atoms with Crippen molar-refractivity contribution in [3.63, 3.8) is 0 Å². The molecule has 0 heterocycles. The predicted molar refractivity (Wildman–Crippen MR) is 61.7 cm³/mol. The van der Waals surface area contributed by atoms with E-state index in [2.05, 4.69) is 5.32 Å². The average molecular weight is 237 g/mol. The molecule has 0 radical (unpaired) electrons. The van der Waals surface area contributed by atoms with E-state index in [1.54, 1.807) is 0 Å². The average Bonchev–Trinajstić information content (AvgIpc) is 2.25. The summed E-state index contributed by atoms with van der Waals surface area (Å²) in [5, 5.41) is 20.1. The lowest BCUT2D eigenvalue weighted by Gasteiger charge is -2.12. The maximum absolute atomic E-state index is 10.8. The number of rotatable bonds is 6. The molecule has 1 atom stereocenters. The normalized spacial score (nSPS) is 12.1. The zero-order chi connectivity index (χ0) is 12.8. The first kappa shape index (κ1) is 13.2. The van der Waals surface area contributed by atoms with Crippen LogP contribution in [-0.2, 0) is 16.1 Å². The monoisotopic (exact) mass is 237 g/mol. The standard InChI is InChI=1S/C12H15NO4/c1-8-2-4-9(5-3-8)7-13-10(12(16)17)6-11(14)15/h2-5,10,13H,6-7H2,1H3,(H,14,15)(H,16,17). The fourth-order valence-electron chi connectivity index (χ4n) is 1.37. The van der Waals surface area contributed by atoms with Crippen molar-refractivity contribution >= 4 is 11.9 Å². The van der Waals surface area contributed by atoms with Crippen molar-refractivity contribution in [3.05, 3.63) is 35.4 Å². The number of carbonyl (C=O) groups is 2. The molecule has 0 saturated carbocycles. The predicted octanol–water partition coefficient (Wildman–Crippen LogP) is 1.01. The van der Waals surface area contributed by atoms with Gasteiger partial charge in [0.2, 0.25) is 0 Å². The van der Waals surface area contributed by atoms with Gasteiger partial charge in [-0.3, -0.25) is 14.9 Å². The molecule has 1 rings (SSSR count). The van der Waals surface area contributed by atoms with E-state index in [1.165, 1.54) is 0 Å². The zero-order valence-corrected chi connectivity index (χ0v) is 9.51. The van der Waals surface area contributed by atoms with E-state index >= 15 is 0 Å². The van der Waals surface area contributed by atoms with Crippen LogP contribution in [0.2, 0.25) is 0 Å². The molecule has 3 N–H and O–H groups in total. The molecular formula is C12H15NO4. The fourth-order valence-corrected chi connectivity index (χ4v) is 1.37. The van der Waals surface area contributed by atoms with E-state index in [1.807, 2.05) is 31.2 Å². The van der Waals surface area contributed by atoms with Crippen molar-refractivity contribution in [3.8, 4) is 0 Å². The number of benzene rings is 1. The molecule has 0 aliphatic heterocycles. The van der Waals surface area contributed by atoms with Crippen molar-refractivity contribution in [1.82, 2.24) is 5.32 Å². The van der Waals surface area contributed by atoms with Crippen molar-refractivity contribution in [1.29, 1.82) is 0 Å². The Bertz CT molecular complexity index is 399. The van der Waals surface area contributed by atoms with Gasteiger partial charge in [-0.05, 0) is 12.5 Å². The van der Waals surface area contributed by atoms with Gasteiger partial charge in [-0.15, -0.1) is 0 Å². The van der Waals surface area contributed by atoms with Crippen LogP contribution in [0.5, 0.6) is 0 Å². The Labute approximate surface area is 99.1 Å². The van der Waals surface area contributed by atoms with E-state index < -0.39 is 24.4 Å². The second-order valence-corrected chi connectivity index (χ2v) is 3.86. The first-order valence-electron chi connectivity index (χ1n) is 5.22. The summed E-state index contributed by atoms with van der Waals surface area (Å²) >= 11 is 0. The summed E-state index contributed by atoms with van der Waals surface area (Å²) in [6, 6.07) is 6.53. The van der Waals surface area contributed by atoms with Gasteiger partial charge in [0.25, 0.3) is 0 Å². The Morgan fingerprint density at radius 1 is 1.24 bits per heavy atom. The van der Waals surface area contributed by atoms with Crippen molar-refractivity contribution in [2.45, 2.75) is 25.9 Å². The number of hydrogen-bond acceptors (Lipinski definition) is 3. The molecule has 0 aliphatic carbocycles. The van der Waals surface area contributed by atoms with E-state index in [-0.39, 0.29) is 0 Å². The van der Waals surface area contributed by atoms with Gasteiger partial charge in [0.1, 0.15) is 6.04 Å². The highest BCUT2D eigenvalue weighted by molar-refractivity contribution is 5.80. The second kappa shape index (κ2) is 6.00. The molecule has 17 heavy (non-hydrogen) atoms. The summed E-state index contributed by atoms with van der Waals surface area (Å²) in [6.07, 6.45) is -0.429. The van der Waals surface area contributed by atoms with Crippen LogP contribution in [0.3, 0.4) is 0 Å². The van der Waals surface area contributed by atoms with Crippen molar-refractivity contribution in [2.24, 2.45) is 0 Å². The van der Waals surface area contributed by atoms with Crippen LogP contribution in [0.15, 0.2) is 24.3 Å². The topological polar surface area (TPSA) is 86.6 Å². The molecule has 1 aromatic carbocycles. The van der Waals surface area contributed by atoms with Crippen LogP contribution in [-0.4, -0.2) is 28.2 Å². The van der Waals surface area contributed by atoms with Gasteiger partial charge in [-0.2, -0.15) is 0 Å². The van der Waals surface area contributed by atoms with Gasteiger partial charge in [-0.25, -0.2) is 0 Å². The molecule has 92 valence electrons. The fraction of sp³-hybridized carbons (Fsp3) is 0.333. The minimum Gasteiger partial charge on any atom is -0.481 e. The third-order valence-electron chi connectivity index (χ3n) is 2.35. The number of nitrogens with one attached hydrogen (secondary N) is 1. The quantitative estimate of drug-likeness (QED) is 0.687. The Kier molecular flexibility index (Phi) is 4.66. The molecule has 0 amide bonds. The van der Waals surface area contributed by atoms with Gasteiger partial charge >= 0.3 is 11.9 Å². The van der Waals surface area contributed by atoms with E-state index in [4.69, 9.17) is 10.2 Å². The van der Waals surface area contributed by atoms with Crippen LogP contribution in [0.25, 0.3) is 0 Å². The molecule has 0 fully saturated rings. The van der Waals surface area contributed by atoms with Crippen LogP contribution >= 0.6 is 0 Å². The molecule has 5 nitrogen and oxygen atoms in total. The summed E-state index contributed by atoms with van der Waals surface area (Å²) in [5.41, 5.74) is 2.04. The maximum atomic E-state index is 10.8. The number of hydrogen-bond donors (Lipinski definition) is 3. The van der Waals surface area contributed by atoms with Crippen LogP contribution < -0.4 is 5.32 Å². The minimum atomic E-state index is -1.15. The number of carboxylic acid groups (broad SMARTS) is 2. The van der Waals surface area contributed by atoms with Crippen LogP contribution in [0.4, 0.5) is 0 Å². The van der Waals surface area contributed by atoms with Gasteiger partial charge in [0.15, 0.2) is 0 Å². The van der Waals surface area contributed by atoms with Gasteiger partial charge in [-0.1, -0.05) is 29.8 Å². The minimum absolute atomic E-state index is 0.338. The molecular weight excluding hydrogens is 222 g/mol. The van der Waals surface area contributed by atoms with Gasteiger partial charge in [0.05, 0.1) is 6.42 Å². The maximum Gasteiger partial charge on any atom is 0.321 e. The Morgan fingerprint density at radius 3 is 2.29 bits per heavy atom. The number of aryl methyl sites for hydroxylation is 1. The largest absolute Gasteiger partial charge is 0.481 e. The molecule has 1 aromatic rings. The van der Waals surface area contributed by atoms with E-state index in [0.717, 1.165) is 11.1 Å². The van der Waals surface area contributed by atoms with E-state index in [9.17, 15) is 9.59 Å². The number of carboxylic acids is 2. The Morgan fingerprint density at radius 2 is 1.82 bits per heavy atom. The van der Waals surface area contributed by atoms with E-state index in [0.29, 0.717) is 6.54 Å². The van der Waals surface area contributed by atoms with Crippen molar-refractivity contribution in [2.75, 3.05) is 0 Å². The highest BCUT2D eigenvalue weighted by Crippen LogP contribution is 2.03. The smallest absolute Gasteiger partial charge is 0.321 e. The summed E-state index contributed by atoms with van der Waals surface area (Å²) in [5.74, 6) is -2.28. The summed E-state index contributed by atoms with van der Waals surface area (Å²) in [6.45, 7) is 2.30. The molecule has 5 heteroatoms. The molecule has 0 aliphatic rings. The summed E-state index contributed by atoms with van der Waals surface area (Å²) < 4.78 is 0. The van der Waals surface area contributed by atoms with Crippen LogP contribution in [0.1, 0.15) is 17.5 Å². The van der Waals surface area contributed by atoms with Gasteiger partial charge in [0, 0.05) is 6.54 Å². The first-order valence-corrected chi connectivity index (χ1v) is 5.22. The molecule has 0 bridgehead atoms. The van der Waals surface area contributed by atoms with Crippen LogP contribution in [0, 0.1) is 6.92 Å². The highest BCUT2D eigenvalue weighted by Gasteiger charge is 2.19. The lowest BCUT2D eigenvalue weighted by molar-refractivity contribution is -0.146. The third-order valence-corrected chi connectivity index (χ3v) is 2.35. The Balaban J connectivity index is 2.54. The zero-order valence-electron chi connectivity index (χ0n) is 9.51. The molecule has 0 spiro atoms. The molecule has 0 saturated heterocycles. The molecule has 1 unspecified atom stereocenters. The second-order valence-electron chi connectivity index (χ2n) is 3.86. The summed E-state index contributed by atoms with van der Waals surface area (Å²) in [4.78, 5) is 21.3. The van der Waals surface area contributed by atoms with Gasteiger partial charge < -0.3 is 10.2 Å². The highest BCUT2D eigenvalue weighted by atomic mass is 16.4.